The molecule has 0 aromatic rings. The van der Waals surface area contributed by atoms with E-state index in [1.54, 1.807) is 0 Å². The predicted molar refractivity (Wildman–Crippen MR) is 82.6 cm³/mol. The van der Waals surface area contributed by atoms with Gasteiger partial charge < -0.3 is 10.2 Å². The van der Waals surface area contributed by atoms with E-state index in [1.165, 1.54) is 45.6 Å². The maximum atomic E-state index is 3.68. The van der Waals surface area contributed by atoms with E-state index in [9.17, 15) is 0 Å². The van der Waals surface area contributed by atoms with Crippen LogP contribution < -0.4 is 5.32 Å². The number of piperazine rings is 1. The van der Waals surface area contributed by atoms with E-state index in [0.29, 0.717) is 11.0 Å². The SMILES string of the molecule is CC(C)(CNC1CC1)CN1CCN(C(C)(C)C)CC1. The second-order valence-electron chi connectivity index (χ2n) is 8.25. The van der Waals surface area contributed by atoms with Gasteiger partial charge in [-0.15, -0.1) is 0 Å². The third kappa shape index (κ3) is 5.05. The molecule has 2 rings (SSSR count). The highest BCUT2D eigenvalue weighted by Gasteiger charge is 2.30. The van der Waals surface area contributed by atoms with Gasteiger partial charge in [-0.25, -0.2) is 0 Å². The Morgan fingerprint density at radius 1 is 0.947 bits per heavy atom. The lowest BCUT2D eigenvalue weighted by molar-refractivity contribution is 0.0454. The summed E-state index contributed by atoms with van der Waals surface area (Å²) in [5.74, 6) is 0. The largest absolute Gasteiger partial charge is 0.313 e. The van der Waals surface area contributed by atoms with Crippen molar-refractivity contribution < 1.29 is 0 Å². The van der Waals surface area contributed by atoms with Crippen molar-refractivity contribution in [3.05, 3.63) is 0 Å². The molecule has 112 valence electrons. The molecular formula is C16H33N3. The summed E-state index contributed by atoms with van der Waals surface area (Å²) in [4.78, 5) is 5.26. The van der Waals surface area contributed by atoms with Crippen molar-refractivity contribution in [1.29, 1.82) is 0 Å². The zero-order chi connectivity index (χ0) is 14.1. The van der Waals surface area contributed by atoms with Crippen LogP contribution in [-0.4, -0.2) is 60.6 Å². The molecule has 1 heterocycles. The van der Waals surface area contributed by atoms with Crippen LogP contribution >= 0.6 is 0 Å². The van der Waals surface area contributed by atoms with Crippen LogP contribution in [0.25, 0.3) is 0 Å². The second-order valence-corrected chi connectivity index (χ2v) is 8.25. The van der Waals surface area contributed by atoms with Crippen molar-refractivity contribution in [3.63, 3.8) is 0 Å². The number of hydrogen-bond acceptors (Lipinski definition) is 3. The van der Waals surface area contributed by atoms with Crippen molar-refractivity contribution in [2.45, 2.75) is 59.0 Å². The van der Waals surface area contributed by atoms with Gasteiger partial charge in [-0.3, -0.25) is 4.90 Å². The zero-order valence-corrected chi connectivity index (χ0v) is 13.6. The van der Waals surface area contributed by atoms with Gasteiger partial charge in [0.1, 0.15) is 0 Å². The van der Waals surface area contributed by atoms with E-state index in [1.807, 2.05) is 0 Å². The fourth-order valence-corrected chi connectivity index (χ4v) is 2.95. The Balaban J connectivity index is 1.71. The van der Waals surface area contributed by atoms with Gasteiger partial charge in [-0.2, -0.15) is 0 Å². The average molecular weight is 267 g/mol. The maximum Gasteiger partial charge on any atom is 0.0126 e. The molecule has 0 aromatic carbocycles. The Morgan fingerprint density at radius 2 is 1.53 bits per heavy atom. The molecule has 1 aliphatic heterocycles. The molecule has 1 saturated carbocycles. The molecule has 0 atom stereocenters. The quantitative estimate of drug-likeness (QED) is 0.824. The lowest BCUT2D eigenvalue weighted by atomic mass is 9.92. The third-order valence-electron chi connectivity index (χ3n) is 4.42. The molecule has 0 bridgehead atoms. The van der Waals surface area contributed by atoms with Gasteiger partial charge in [0.05, 0.1) is 0 Å². The lowest BCUT2D eigenvalue weighted by Crippen LogP contribution is -2.55. The first-order valence-electron chi connectivity index (χ1n) is 7.97. The van der Waals surface area contributed by atoms with Gasteiger partial charge in [-0.1, -0.05) is 13.8 Å². The highest BCUT2D eigenvalue weighted by molar-refractivity contribution is 4.87. The number of nitrogens with zero attached hydrogens (tertiary/aromatic N) is 2. The minimum Gasteiger partial charge on any atom is -0.313 e. The molecular weight excluding hydrogens is 234 g/mol. The van der Waals surface area contributed by atoms with Crippen LogP contribution in [0.4, 0.5) is 0 Å². The van der Waals surface area contributed by atoms with Gasteiger partial charge in [0.15, 0.2) is 0 Å². The monoisotopic (exact) mass is 267 g/mol. The molecule has 0 unspecified atom stereocenters. The van der Waals surface area contributed by atoms with Gasteiger partial charge in [0.2, 0.25) is 0 Å². The van der Waals surface area contributed by atoms with Crippen LogP contribution in [0.5, 0.6) is 0 Å². The Kier molecular flexibility index (Phi) is 4.59. The fourth-order valence-electron chi connectivity index (χ4n) is 2.95. The van der Waals surface area contributed by atoms with Crippen LogP contribution in [0, 0.1) is 5.41 Å². The van der Waals surface area contributed by atoms with E-state index < -0.39 is 0 Å². The van der Waals surface area contributed by atoms with Gasteiger partial charge >= 0.3 is 0 Å². The molecule has 2 aliphatic rings. The van der Waals surface area contributed by atoms with E-state index in [4.69, 9.17) is 0 Å². The standard InChI is InChI=1S/C16H33N3/c1-15(2,3)19-10-8-18(9-11-19)13-16(4,5)12-17-14-6-7-14/h14,17H,6-13H2,1-5H3. The molecule has 1 aliphatic carbocycles. The van der Waals surface area contributed by atoms with Gasteiger partial charge in [0.25, 0.3) is 0 Å². The summed E-state index contributed by atoms with van der Waals surface area (Å²) < 4.78 is 0. The molecule has 3 nitrogen and oxygen atoms in total. The average Bonchev–Trinajstić information content (AvgIpc) is 3.09. The van der Waals surface area contributed by atoms with Crippen molar-refractivity contribution >= 4 is 0 Å². The summed E-state index contributed by atoms with van der Waals surface area (Å²) in [6.45, 7) is 19.1. The molecule has 1 N–H and O–H groups in total. The maximum absolute atomic E-state index is 3.68. The smallest absolute Gasteiger partial charge is 0.0126 e. The molecule has 2 fully saturated rings. The van der Waals surface area contributed by atoms with Crippen molar-refractivity contribution in [2.75, 3.05) is 39.3 Å². The lowest BCUT2D eigenvalue weighted by Gasteiger charge is -2.44. The normalized spacial score (nSPS) is 23.8. The molecule has 0 aromatic heterocycles. The topological polar surface area (TPSA) is 18.5 Å². The van der Waals surface area contributed by atoms with E-state index >= 15 is 0 Å². The highest BCUT2D eigenvalue weighted by Crippen LogP contribution is 2.23. The Morgan fingerprint density at radius 3 is 2.00 bits per heavy atom. The minimum atomic E-state index is 0.329. The molecule has 3 heteroatoms. The predicted octanol–water partition coefficient (Wildman–Crippen LogP) is 2.18. The summed E-state index contributed by atoms with van der Waals surface area (Å²) in [7, 11) is 0. The van der Waals surface area contributed by atoms with Crippen LogP contribution in [0.2, 0.25) is 0 Å². The number of rotatable bonds is 5. The van der Waals surface area contributed by atoms with Crippen LogP contribution in [0.3, 0.4) is 0 Å². The molecule has 0 radical (unpaired) electrons. The summed E-state index contributed by atoms with van der Waals surface area (Å²) in [6, 6.07) is 0.831. The highest BCUT2D eigenvalue weighted by atomic mass is 15.3. The summed E-state index contributed by atoms with van der Waals surface area (Å²) in [5.41, 5.74) is 0.724. The van der Waals surface area contributed by atoms with Crippen LogP contribution in [-0.2, 0) is 0 Å². The molecule has 0 spiro atoms. The summed E-state index contributed by atoms with van der Waals surface area (Å²) in [6.07, 6.45) is 2.78. The summed E-state index contributed by atoms with van der Waals surface area (Å²) >= 11 is 0. The van der Waals surface area contributed by atoms with E-state index in [-0.39, 0.29) is 0 Å². The van der Waals surface area contributed by atoms with Gasteiger partial charge in [0, 0.05) is 50.8 Å². The first-order valence-corrected chi connectivity index (χ1v) is 7.97. The van der Waals surface area contributed by atoms with Crippen molar-refractivity contribution in [2.24, 2.45) is 5.41 Å². The first kappa shape index (κ1) is 15.3. The first-order chi connectivity index (χ1) is 8.76. The fraction of sp³-hybridized carbons (Fsp3) is 1.00. The Labute approximate surface area is 119 Å². The number of nitrogens with one attached hydrogen (secondary N) is 1. The van der Waals surface area contributed by atoms with Crippen molar-refractivity contribution in [1.82, 2.24) is 15.1 Å². The third-order valence-corrected chi connectivity index (χ3v) is 4.42. The van der Waals surface area contributed by atoms with Gasteiger partial charge in [-0.05, 0) is 39.0 Å². The number of hydrogen-bond donors (Lipinski definition) is 1. The molecule has 1 saturated heterocycles. The molecule has 0 amide bonds. The Bertz CT molecular complexity index is 281. The second kappa shape index (κ2) is 5.71. The van der Waals surface area contributed by atoms with Crippen molar-refractivity contribution in [3.8, 4) is 0 Å². The minimum absolute atomic E-state index is 0.329. The van der Waals surface area contributed by atoms with E-state index in [2.05, 4.69) is 49.7 Å². The Hall–Kier alpha value is -0.120. The van der Waals surface area contributed by atoms with Crippen LogP contribution in [0.15, 0.2) is 0 Å². The zero-order valence-electron chi connectivity index (χ0n) is 13.6. The van der Waals surface area contributed by atoms with E-state index in [0.717, 1.165) is 12.6 Å². The summed E-state index contributed by atoms with van der Waals surface area (Å²) in [5, 5.41) is 3.68. The van der Waals surface area contributed by atoms with Crippen LogP contribution in [0.1, 0.15) is 47.5 Å². The molecule has 19 heavy (non-hydrogen) atoms.